The third kappa shape index (κ3) is 3.59. The number of aromatic nitrogens is 2. The molecule has 1 saturated heterocycles. The van der Waals surface area contributed by atoms with E-state index in [2.05, 4.69) is 27.0 Å². The van der Waals surface area contributed by atoms with Crippen LogP contribution in [0.15, 0.2) is 20.8 Å². The van der Waals surface area contributed by atoms with Crippen LogP contribution >= 0.6 is 0 Å². The second-order valence-electron chi connectivity index (χ2n) is 8.07. The maximum Gasteiger partial charge on any atom is 0.273 e. The lowest BCUT2D eigenvalue weighted by atomic mass is 9.70. The van der Waals surface area contributed by atoms with Crippen molar-refractivity contribution in [3.05, 3.63) is 45.8 Å². The Labute approximate surface area is 169 Å². The number of hydrogen-bond acceptors (Lipinski definition) is 6. The number of carbonyl (C=O) groups excluding carboxylic acids is 2. The molecule has 0 saturated carbocycles. The van der Waals surface area contributed by atoms with Gasteiger partial charge < -0.3 is 19.7 Å². The Balaban J connectivity index is 1.52. The number of piperidine rings is 1. The van der Waals surface area contributed by atoms with Crippen LogP contribution in [-0.4, -0.2) is 28.7 Å². The Bertz CT molecular complexity index is 967. The molecule has 2 aromatic rings. The number of aryl methyl sites for hydroxylation is 3. The van der Waals surface area contributed by atoms with Crippen LogP contribution in [0.5, 0.6) is 0 Å². The topological polar surface area (TPSA) is 110 Å². The Morgan fingerprint density at radius 3 is 2.69 bits per heavy atom. The molecule has 1 fully saturated rings. The van der Waals surface area contributed by atoms with E-state index >= 15 is 0 Å². The fourth-order valence-electron chi connectivity index (χ4n) is 4.36. The molecular formula is C21H26N4O4. The second-order valence-corrected chi connectivity index (χ2v) is 8.07. The molecule has 8 heteroatoms. The minimum atomic E-state index is -0.264. The average molecular weight is 398 g/mol. The molecule has 4 rings (SSSR count). The van der Waals surface area contributed by atoms with Crippen LogP contribution in [0.1, 0.15) is 70.9 Å². The van der Waals surface area contributed by atoms with Gasteiger partial charge in [-0.3, -0.25) is 9.59 Å². The normalized spacial score (nSPS) is 21.3. The number of nitrogens with one attached hydrogen (secondary N) is 2. The van der Waals surface area contributed by atoms with Crippen molar-refractivity contribution in [2.45, 2.75) is 59.3 Å². The van der Waals surface area contributed by atoms with Crippen LogP contribution in [0.4, 0.5) is 0 Å². The van der Waals surface area contributed by atoms with E-state index in [0.717, 1.165) is 54.0 Å². The van der Waals surface area contributed by atoms with Crippen LogP contribution in [0.2, 0.25) is 0 Å². The van der Waals surface area contributed by atoms with Crippen LogP contribution in [0.3, 0.4) is 0 Å². The predicted octanol–water partition coefficient (Wildman–Crippen LogP) is 2.87. The molecule has 8 nitrogen and oxygen atoms in total. The molecule has 2 aromatic heterocycles. The van der Waals surface area contributed by atoms with E-state index in [0.29, 0.717) is 30.8 Å². The number of carbonyl (C=O) groups is 2. The van der Waals surface area contributed by atoms with Gasteiger partial charge in [-0.15, -0.1) is 0 Å². The summed E-state index contributed by atoms with van der Waals surface area (Å²) < 4.78 is 10.6. The number of amides is 2. The largest absolute Gasteiger partial charge is 0.361 e. The van der Waals surface area contributed by atoms with Crippen molar-refractivity contribution < 1.29 is 18.6 Å². The standard InChI is InChI=1S/C21H26N4O4/c1-12-15(13(2)28-24-12)10-16-14(3)29-25-19(16)20(27)22-11-21-8-5-4-6-17(21)23-18(26)7-9-21/h6H,4-5,7-11H2,1-3H3,(H,22,27)(H,23,26). The maximum atomic E-state index is 13.0. The molecule has 1 aliphatic heterocycles. The molecule has 154 valence electrons. The highest BCUT2D eigenvalue weighted by Crippen LogP contribution is 2.42. The summed E-state index contributed by atoms with van der Waals surface area (Å²) in [6.45, 7) is 6.00. The molecule has 0 aromatic carbocycles. The Morgan fingerprint density at radius 2 is 1.93 bits per heavy atom. The van der Waals surface area contributed by atoms with Crippen molar-refractivity contribution in [3.8, 4) is 0 Å². The molecule has 1 aliphatic carbocycles. The molecule has 0 radical (unpaired) electrons. The summed E-state index contributed by atoms with van der Waals surface area (Å²) in [7, 11) is 0. The van der Waals surface area contributed by atoms with E-state index in [1.54, 1.807) is 6.92 Å². The first-order valence-corrected chi connectivity index (χ1v) is 10.1. The predicted molar refractivity (Wildman–Crippen MR) is 104 cm³/mol. The molecule has 1 unspecified atom stereocenters. The summed E-state index contributed by atoms with van der Waals surface area (Å²) in [6.07, 6.45) is 6.75. The summed E-state index contributed by atoms with van der Waals surface area (Å²) >= 11 is 0. The van der Waals surface area contributed by atoms with Gasteiger partial charge in [0.1, 0.15) is 11.5 Å². The van der Waals surface area contributed by atoms with Crippen LogP contribution in [0.25, 0.3) is 0 Å². The van der Waals surface area contributed by atoms with E-state index < -0.39 is 0 Å². The van der Waals surface area contributed by atoms with Gasteiger partial charge in [0.05, 0.1) is 5.69 Å². The van der Waals surface area contributed by atoms with Gasteiger partial charge in [-0.2, -0.15) is 0 Å². The van der Waals surface area contributed by atoms with Crippen molar-refractivity contribution in [1.29, 1.82) is 0 Å². The lowest BCUT2D eigenvalue weighted by molar-refractivity contribution is -0.122. The zero-order chi connectivity index (χ0) is 20.6. The lowest BCUT2D eigenvalue weighted by Crippen LogP contribution is -2.48. The Morgan fingerprint density at radius 1 is 1.17 bits per heavy atom. The third-order valence-corrected chi connectivity index (χ3v) is 6.21. The van der Waals surface area contributed by atoms with Crippen LogP contribution in [0, 0.1) is 26.2 Å². The van der Waals surface area contributed by atoms with Crippen molar-refractivity contribution in [2.24, 2.45) is 5.41 Å². The van der Waals surface area contributed by atoms with E-state index in [9.17, 15) is 9.59 Å². The van der Waals surface area contributed by atoms with Gasteiger partial charge in [-0.25, -0.2) is 0 Å². The van der Waals surface area contributed by atoms with E-state index in [1.807, 2.05) is 13.8 Å². The molecule has 2 N–H and O–H groups in total. The van der Waals surface area contributed by atoms with E-state index in [-0.39, 0.29) is 17.2 Å². The van der Waals surface area contributed by atoms with Crippen molar-refractivity contribution in [1.82, 2.24) is 20.9 Å². The minimum absolute atomic E-state index is 0.0500. The molecule has 2 amide bonds. The molecule has 3 heterocycles. The SMILES string of the molecule is Cc1noc(C)c1Cc1c(C(=O)NCC23CCCC=C2NC(=O)CC3)noc1C. The van der Waals surface area contributed by atoms with Gasteiger partial charge >= 0.3 is 0 Å². The second kappa shape index (κ2) is 7.50. The fourth-order valence-corrected chi connectivity index (χ4v) is 4.36. The lowest BCUT2D eigenvalue weighted by Gasteiger charge is -2.42. The zero-order valence-electron chi connectivity index (χ0n) is 17.1. The molecule has 2 aliphatic rings. The highest BCUT2D eigenvalue weighted by Gasteiger charge is 2.40. The summed E-state index contributed by atoms with van der Waals surface area (Å²) in [6, 6.07) is 0. The number of fused-ring (bicyclic) bond motifs is 1. The van der Waals surface area contributed by atoms with Gasteiger partial charge in [-0.05, 0) is 46.5 Å². The number of rotatable bonds is 5. The quantitative estimate of drug-likeness (QED) is 0.801. The number of hydrogen-bond donors (Lipinski definition) is 2. The summed E-state index contributed by atoms with van der Waals surface area (Å²) in [4.78, 5) is 24.8. The zero-order valence-corrected chi connectivity index (χ0v) is 17.1. The first kappa shape index (κ1) is 19.4. The monoisotopic (exact) mass is 398 g/mol. The maximum absolute atomic E-state index is 13.0. The Hall–Kier alpha value is -2.90. The highest BCUT2D eigenvalue weighted by atomic mass is 16.5. The molecule has 0 spiro atoms. The van der Waals surface area contributed by atoms with E-state index in [1.165, 1.54) is 0 Å². The molecular weight excluding hydrogens is 372 g/mol. The molecule has 0 bridgehead atoms. The smallest absolute Gasteiger partial charge is 0.273 e. The minimum Gasteiger partial charge on any atom is -0.361 e. The first-order chi connectivity index (χ1) is 13.9. The van der Waals surface area contributed by atoms with Crippen LogP contribution < -0.4 is 10.6 Å². The van der Waals surface area contributed by atoms with Crippen LogP contribution in [-0.2, 0) is 11.2 Å². The van der Waals surface area contributed by atoms with Crippen molar-refractivity contribution in [3.63, 3.8) is 0 Å². The number of allylic oxidation sites excluding steroid dienone is 1. The summed E-state index contributed by atoms with van der Waals surface area (Å²) in [5, 5.41) is 14.0. The fraction of sp³-hybridized carbons (Fsp3) is 0.524. The van der Waals surface area contributed by atoms with Gasteiger partial charge in [0.2, 0.25) is 5.91 Å². The average Bonchev–Trinajstić information content (AvgIpc) is 3.23. The highest BCUT2D eigenvalue weighted by molar-refractivity contribution is 5.94. The van der Waals surface area contributed by atoms with Gasteiger partial charge in [-0.1, -0.05) is 16.4 Å². The van der Waals surface area contributed by atoms with Gasteiger partial charge in [0.15, 0.2) is 5.69 Å². The molecule has 1 atom stereocenters. The number of nitrogens with zero attached hydrogens (tertiary/aromatic N) is 2. The first-order valence-electron chi connectivity index (χ1n) is 10.1. The van der Waals surface area contributed by atoms with Gasteiger partial charge in [0.25, 0.3) is 5.91 Å². The summed E-state index contributed by atoms with van der Waals surface area (Å²) in [5.74, 6) is 1.12. The van der Waals surface area contributed by atoms with Crippen molar-refractivity contribution >= 4 is 11.8 Å². The Kier molecular flexibility index (Phi) is 5.02. The molecule has 29 heavy (non-hydrogen) atoms. The van der Waals surface area contributed by atoms with E-state index in [4.69, 9.17) is 9.05 Å². The summed E-state index contributed by atoms with van der Waals surface area (Å²) in [5.41, 5.74) is 3.51. The van der Waals surface area contributed by atoms with Crippen molar-refractivity contribution in [2.75, 3.05) is 6.54 Å². The van der Waals surface area contributed by atoms with Gasteiger partial charge in [0, 0.05) is 41.6 Å². The third-order valence-electron chi connectivity index (χ3n) is 6.21.